The van der Waals surface area contributed by atoms with Crippen molar-refractivity contribution in [1.82, 2.24) is 14.0 Å². The van der Waals surface area contributed by atoms with E-state index < -0.39 is 5.60 Å². The molecule has 146 valence electrons. The zero-order chi connectivity index (χ0) is 19.6. The predicted octanol–water partition coefficient (Wildman–Crippen LogP) is 4.05. The van der Waals surface area contributed by atoms with Gasteiger partial charge >= 0.3 is 11.8 Å². The van der Waals surface area contributed by atoms with Crippen molar-refractivity contribution in [3.63, 3.8) is 0 Å². The summed E-state index contributed by atoms with van der Waals surface area (Å²) in [6.45, 7) is 7.63. The van der Waals surface area contributed by atoms with Gasteiger partial charge in [0.15, 0.2) is 0 Å². The molecule has 0 N–H and O–H groups in total. The number of ether oxygens (including phenoxy) is 1. The summed E-state index contributed by atoms with van der Waals surface area (Å²) >= 11 is 3.41. The first-order chi connectivity index (χ1) is 12.7. The van der Waals surface area contributed by atoms with Crippen LogP contribution < -0.4 is 5.69 Å². The number of imidazole rings is 1. The number of hydrogen-bond acceptors (Lipinski definition) is 3. The Labute approximate surface area is 167 Å². The molecule has 1 aromatic carbocycles. The minimum absolute atomic E-state index is 0.0353. The highest BCUT2D eigenvalue weighted by Gasteiger charge is 2.27. The molecule has 3 rings (SSSR count). The smallest absolute Gasteiger partial charge is 0.410 e. The van der Waals surface area contributed by atoms with Gasteiger partial charge in [-0.25, -0.2) is 9.59 Å². The zero-order valence-corrected chi connectivity index (χ0v) is 17.6. The molecule has 1 aromatic heterocycles. The van der Waals surface area contributed by atoms with E-state index >= 15 is 0 Å². The standard InChI is InChI=1S/C20H26BrN3O3/c1-20(2,3)27-19(26)22-10-8-15(9-11-22)14-23-12-13-24(18(23)25)17-6-4-16(21)5-7-17/h4-7,12-13,15H,8-11,14H2,1-3H3. The fraction of sp³-hybridized carbons (Fsp3) is 0.500. The van der Waals surface area contributed by atoms with Gasteiger partial charge in [0.25, 0.3) is 0 Å². The second kappa shape index (κ2) is 7.92. The van der Waals surface area contributed by atoms with Crippen molar-refractivity contribution < 1.29 is 9.53 Å². The molecule has 0 spiro atoms. The van der Waals surface area contributed by atoms with Gasteiger partial charge in [0, 0.05) is 36.5 Å². The van der Waals surface area contributed by atoms with E-state index in [1.54, 1.807) is 20.2 Å². The lowest BCUT2D eigenvalue weighted by molar-refractivity contribution is 0.0178. The van der Waals surface area contributed by atoms with Gasteiger partial charge in [0.2, 0.25) is 0 Å². The molecule has 1 fully saturated rings. The Morgan fingerprint density at radius 1 is 1.15 bits per heavy atom. The van der Waals surface area contributed by atoms with Crippen molar-refractivity contribution >= 4 is 22.0 Å². The fourth-order valence-corrected chi connectivity index (χ4v) is 3.52. The van der Waals surface area contributed by atoms with Gasteiger partial charge in [-0.15, -0.1) is 0 Å². The van der Waals surface area contributed by atoms with E-state index in [4.69, 9.17) is 4.74 Å². The fourth-order valence-electron chi connectivity index (χ4n) is 3.25. The Kier molecular flexibility index (Phi) is 5.79. The molecule has 1 aliphatic rings. The van der Waals surface area contributed by atoms with Gasteiger partial charge in [0.1, 0.15) is 5.60 Å². The lowest BCUT2D eigenvalue weighted by Crippen LogP contribution is -2.42. The van der Waals surface area contributed by atoms with E-state index in [-0.39, 0.29) is 11.8 Å². The maximum Gasteiger partial charge on any atom is 0.410 e. The lowest BCUT2D eigenvalue weighted by Gasteiger charge is -2.33. The number of likely N-dealkylation sites (tertiary alicyclic amines) is 1. The SMILES string of the molecule is CC(C)(C)OC(=O)N1CCC(Cn2ccn(-c3ccc(Br)cc3)c2=O)CC1. The summed E-state index contributed by atoms with van der Waals surface area (Å²) in [5.74, 6) is 0.377. The molecule has 2 aromatic rings. The Hall–Kier alpha value is -2.02. The zero-order valence-electron chi connectivity index (χ0n) is 16.0. The molecular weight excluding hydrogens is 410 g/mol. The first kappa shape index (κ1) is 19.7. The molecule has 1 aliphatic heterocycles. The number of benzene rings is 1. The van der Waals surface area contributed by atoms with Crippen LogP contribution in [-0.2, 0) is 11.3 Å². The van der Waals surface area contributed by atoms with Gasteiger partial charge in [-0.2, -0.15) is 0 Å². The van der Waals surface area contributed by atoms with E-state index in [1.807, 2.05) is 51.2 Å². The van der Waals surface area contributed by atoms with Crippen LogP contribution >= 0.6 is 15.9 Å². The maximum atomic E-state index is 12.7. The molecular formula is C20H26BrN3O3. The number of hydrogen-bond donors (Lipinski definition) is 0. The second-order valence-electron chi connectivity index (χ2n) is 7.99. The molecule has 0 unspecified atom stereocenters. The number of rotatable bonds is 3. The van der Waals surface area contributed by atoms with Crippen molar-refractivity contribution in [2.75, 3.05) is 13.1 Å². The highest BCUT2D eigenvalue weighted by molar-refractivity contribution is 9.10. The van der Waals surface area contributed by atoms with Gasteiger partial charge in [-0.1, -0.05) is 15.9 Å². The van der Waals surface area contributed by atoms with E-state index in [0.29, 0.717) is 25.6 Å². The molecule has 0 aliphatic carbocycles. The minimum Gasteiger partial charge on any atom is -0.444 e. The van der Waals surface area contributed by atoms with Gasteiger partial charge in [-0.05, 0) is 63.8 Å². The molecule has 0 saturated carbocycles. The van der Waals surface area contributed by atoms with E-state index in [0.717, 1.165) is 23.0 Å². The first-order valence-corrected chi connectivity index (χ1v) is 10.0. The second-order valence-corrected chi connectivity index (χ2v) is 8.91. The predicted molar refractivity (Wildman–Crippen MR) is 108 cm³/mol. The summed E-state index contributed by atoms with van der Waals surface area (Å²) in [5, 5.41) is 0. The first-order valence-electron chi connectivity index (χ1n) is 9.24. The number of carbonyl (C=O) groups excluding carboxylic acids is 1. The number of aromatic nitrogens is 2. The van der Waals surface area contributed by atoms with E-state index in [9.17, 15) is 9.59 Å². The molecule has 6 nitrogen and oxygen atoms in total. The molecule has 0 atom stereocenters. The van der Waals surface area contributed by atoms with Crippen molar-refractivity contribution in [1.29, 1.82) is 0 Å². The monoisotopic (exact) mass is 435 g/mol. The van der Waals surface area contributed by atoms with Crippen LogP contribution in [0, 0.1) is 5.92 Å². The summed E-state index contributed by atoms with van der Waals surface area (Å²) in [7, 11) is 0. The minimum atomic E-state index is -0.475. The van der Waals surface area contributed by atoms with Crippen LogP contribution in [0.25, 0.3) is 5.69 Å². The third kappa shape index (κ3) is 5.03. The van der Waals surface area contributed by atoms with Gasteiger partial charge < -0.3 is 9.64 Å². The molecule has 2 heterocycles. The maximum absolute atomic E-state index is 12.7. The molecule has 27 heavy (non-hydrogen) atoms. The van der Waals surface area contributed by atoms with E-state index in [2.05, 4.69) is 15.9 Å². The van der Waals surface area contributed by atoms with Crippen LogP contribution in [-0.4, -0.2) is 38.8 Å². The van der Waals surface area contributed by atoms with Crippen LogP contribution in [0.15, 0.2) is 45.9 Å². The van der Waals surface area contributed by atoms with Crippen LogP contribution in [0.5, 0.6) is 0 Å². The van der Waals surface area contributed by atoms with Crippen molar-refractivity contribution in [3.05, 3.63) is 51.6 Å². The molecule has 0 radical (unpaired) electrons. The number of carbonyl (C=O) groups is 1. The molecule has 1 saturated heterocycles. The largest absolute Gasteiger partial charge is 0.444 e. The van der Waals surface area contributed by atoms with Crippen molar-refractivity contribution in [2.24, 2.45) is 5.92 Å². The molecule has 1 amide bonds. The lowest BCUT2D eigenvalue weighted by atomic mass is 9.97. The number of nitrogens with zero attached hydrogens (tertiary/aromatic N) is 3. The highest BCUT2D eigenvalue weighted by Crippen LogP contribution is 2.21. The Balaban J connectivity index is 1.59. The van der Waals surface area contributed by atoms with Crippen molar-refractivity contribution in [3.8, 4) is 5.69 Å². The van der Waals surface area contributed by atoms with Crippen LogP contribution in [0.4, 0.5) is 4.79 Å². The summed E-state index contributed by atoms with van der Waals surface area (Å²) in [6, 6.07) is 7.67. The van der Waals surface area contributed by atoms with E-state index in [1.165, 1.54) is 0 Å². The molecule has 0 bridgehead atoms. The Morgan fingerprint density at radius 3 is 2.37 bits per heavy atom. The van der Waals surface area contributed by atoms with Crippen LogP contribution in [0.2, 0.25) is 0 Å². The normalized spacial score (nSPS) is 15.8. The average molecular weight is 436 g/mol. The third-order valence-electron chi connectivity index (χ3n) is 4.67. The van der Waals surface area contributed by atoms with Crippen LogP contribution in [0.3, 0.4) is 0 Å². The average Bonchev–Trinajstić information content (AvgIpc) is 2.95. The third-order valence-corrected chi connectivity index (χ3v) is 5.20. The number of piperidine rings is 1. The number of halogens is 1. The summed E-state index contributed by atoms with van der Waals surface area (Å²) in [5.41, 5.74) is 0.338. The Bertz CT molecular complexity index is 841. The number of amides is 1. The Morgan fingerprint density at radius 2 is 1.78 bits per heavy atom. The summed E-state index contributed by atoms with van der Waals surface area (Å²) in [6.07, 6.45) is 5.13. The van der Waals surface area contributed by atoms with Crippen LogP contribution in [0.1, 0.15) is 33.6 Å². The summed E-state index contributed by atoms with van der Waals surface area (Å²) < 4.78 is 9.83. The quantitative estimate of drug-likeness (QED) is 0.730. The highest BCUT2D eigenvalue weighted by atomic mass is 79.9. The van der Waals surface area contributed by atoms with Crippen molar-refractivity contribution in [2.45, 2.75) is 45.8 Å². The van der Waals surface area contributed by atoms with Gasteiger partial charge in [-0.3, -0.25) is 9.13 Å². The molecule has 7 heteroatoms. The topological polar surface area (TPSA) is 56.5 Å². The summed E-state index contributed by atoms with van der Waals surface area (Å²) in [4.78, 5) is 26.6. The van der Waals surface area contributed by atoms with Gasteiger partial charge in [0.05, 0.1) is 5.69 Å².